The predicted molar refractivity (Wildman–Crippen MR) is 85.1 cm³/mol. The highest BCUT2D eigenvalue weighted by molar-refractivity contribution is 8.00. The number of nitrogens with two attached hydrogens (primary N) is 1. The smallest absolute Gasteiger partial charge is 0.254 e. The van der Waals surface area contributed by atoms with Crippen molar-refractivity contribution in [2.24, 2.45) is 0 Å². The number of nitrogens with zero attached hydrogens (tertiary/aromatic N) is 1. The summed E-state index contributed by atoms with van der Waals surface area (Å²) in [5.41, 5.74) is 7.69. The minimum Gasteiger partial charge on any atom is -0.398 e. The lowest BCUT2D eigenvalue weighted by atomic mass is 9.88. The molecular weight excluding hydrogens is 270 g/mol. The third kappa shape index (κ3) is 3.45. The number of amides is 1. The van der Waals surface area contributed by atoms with Crippen molar-refractivity contribution in [3.8, 4) is 0 Å². The zero-order chi connectivity index (χ0) is 14.6. The van der Waals surface area contributed by atoms with E-state index in [1.165, 1.54) is 32.1 Å². The summed E-state index contributed by atoms with van der Waals surface area (Å²) in [4.78, 5) is 16.4. The molecule has 1 aromatic heterocycles. The molecule has 1 saturated carbocycles. The van der Waals surface area contributed by atoms with Gasteiger partial charge in [0.2, 0.25) is 0 Å². The Morgan fingerprint density at radius 2 is 2.15 bits per heavy atom. The van der Waals surface area contributed by atoms with E-state index in [-0.39, 0.29) is 10.7 Å². The van der Waals surface area contributed by atoms with Gasteiger partial charge < -0.3 is 11.1 Å². The number of nitrogen functional groups attached to an aromatic ring is 1. The Kier molecular flexibility index (Phi) is 4.91. The first kappa shape index (κ1) is 15.2. The molecule has 2 rings (SSSR count). The van der Waals surface area contributed by atoms with E-state index in [9.17, 15) is 4.79 Å². The number of carbonyl (C=O) groups excluding carboxylic acids is 1. The van der Waals surface area contributed by atoms with Gasteiger partial charge in [0.1, 0.15) is 0 Å². The molecule has 3 N–H and O–H groups in total. The van der Waals surface area contributed by atoms with Crippen molar-refractivity contribution in [3.05, 3.63) is 23.5 Å². The van der Waals surface area contributed by atoms with Crippen molar-refractivity contribution in [1.29, 1.82) is 0 Å². The molecule has 20 heavy (non-hydrogen) atoms. The minimum absolute atomic E-state index is 0.117. The number of pyridine rings is 1. The Hall–Kier alpha value is -1.23. The van der Waals surface area contributed by atoms with E-state index in [4.69, 9.17) is 5.73 Å². The zero-order valence-corrected chi connectivity index (χ0v) is 13.1. The van der Waals surface area contributed by atoms with Crippen LogP contribution in [-0.4, -0.2) is 28.4 Å². The summed E-state index contributed by atoms with van der Waals surface area (Å²) >= 11 is 1.88. The molecule has 1 amide bonds. The molecule has 1 fully saturated rings. The van der Waals surface area contributed by atoms with Gasteiger partial charge in [-0.25, -0.2) is 0 Å². The van der Waals surface area contributed by atoms with Crippen LogP contribution in [0, 0.1) is 6.92 Å². The van der Waals surface area contributed by atoms with Gasteiger partial charge in [0, 0.05) is 28.9 Å². The molecule has 0 aliphatic heterocycles. The first-order chi connectivity index (χ1) is 9.56. The van der Waals surface area contributed by atoms with E-state index in [0.29, 0.717) is 17.8 Å². The van der Waals surface area contributed by atoms with Crippen LogP contribution in [0.2, 0.25) is 0 Å². The second kappa shape index (κ2) is 6.48. The predicted octanol–water partition coefficient (Wildman–Crippen LogP) is 2.77. The molecule has 4 nitrogen and oxygen atoms in total. The van der Waals surface area contributed by atoms with Crippen molar-refractivity contribution in [2.75, 3.05) is 18.5 Å². The highest BCUT2D eigenvalue weighted by Gasteiger charge is 2.31. The van der Waals surface area contributed by atoms with E-state index < -0.39 is 0 Å². The molecule has 0 radical (unpaired) electrons. The summed E-state index contributed by atoms with van der Waals surface area (Å²) in [7, 11) is 0. The lowest BCUT2D eigenvalue weighted by Crippen LogP contribution is -2.42. The number of aryl methyl sites for hydroxylation is 1. The Balaban J connectivity index is 2.00. The van der Waals surface area contributed by atoms with Gasteiger partial charge in [-0.1, -0.05) is 19.3 Å². The largest absolute Gasteiger partial charge is 0.398 e. The van der Waals surface area contributed by atoms with Crippen LogP contribution < -0.4 is 11.1 Å². The summed E-state index contributed by atoms with van der Waals surface area (Å²) in [6.45, 7) is 2.57. The summed E-state index contributed by atoms with van der Waals surface area (Å²) < 4.78 is 0.195. The molecule has 1 heterocycles. The third-order valence-electron chi connectivity index (χ3n) is 4.09. The van der Waals surface area contributed by atoms with Gasteiger partial charge in [-0.15, -0.1) is 0 Å². The van der Waals surface area contributed by atoms with Crippen LogP contribution in [-0.2, 0) is 0 Å². The maximum absolute atomic E-state index is 12.2. The number of nitrogens with one attached hydrogen (secondary N) is 1. The molecule has 0 aromatic carbocycles. The Morgan fingerprint density at radius 3 is 2.75 bits per heavy atom. The molecule has 0 bridgehead atoms. The van der Waals surface area contributed by atoms with Crippen molar-refractivity contribution >= 4 is 23.4 Å². The van der Waals surface area contributed by atoms with Crippen LogP contribution in [0.5, 0.6) is 0 Å². The van der Waals surface area contributed by atoms with Crippen molar-refractivity contribution in [3.63, 3.8) is 0 Å². The molecular formula is C15H23N3OS. The quantitative estimate of drug-likeness (QED) is 0.895. The second-order valence-corrected chi connectivity index (χ2v) is 6.82. The van der Waals surface area contributed by atoms with Crippen LogP contribution in [0.15, 0.2) is 12.3 Å². The Bertz CT molecular complexity index is 484. The lowest BCUT2D eigenvalue weighted by molar-refractivity contribution is 0.0947. The second-order valence-electron chi connectivity index (χ2n) is 5.54. The number of thioether (sulfide) groups is 1. The van der Waals surface area contributed by atoms with Crippen LogP contribution in [0.4, 0.5) is 5.69 Å². The third-order valence-corrected chi connectivity index (χ3v) is 5.50. The van der Waals surface area contributed by atoms with E-state index in [1.807, 2.05) is 18.7 Å². The highest BCUT2D eigenvalue weighted by Crippen LogP contribution is 2.38. The Labute approximate surface area is 124 Å². The number of carbonyl (C=O) groups is 1. The molecule has 0 spiro atoms. The zero-order valence-electron chi connectivity index (χ0n) is 12.2. The van der Waals surface area contributed by atoms with E-state index >= 15 is 0 Å². The van der Waals surface area contributed by atoms with Gasteiger partial charge in [-0.05, 0) is 32.1 Å². The molecule has 5 heteroatoms. The standard InChI is InChI=1S/C15H23N3OS/c1-11-8-13(16)12(9-17-11)14(19)18-10-15(20-2)6-4-3-5-7-15/h8-9H,3-7,10H2,1-2H3,(H2,16,17)(H,18,19). The average Bonchev–Trinajstić information content (AvgIpc) is 2.46. The van der Waals surface area contributed by atoms with Crippen molar-refractivity contribution in [2.45, 2.75) is 43.8 Å². The van der Waals surface area contributed by atoms with Crippen molar-refractivity contribution in [1.82, 2.24) is 10.3 Å². The molecule has 0 unspecified atom stereocenters. The molecule has 110 valence electrons. The fraction of sp³-hybridized carbons (Fsp3) is 0.600. The monoisotopic (exact) mass is 293 g/mol. The lowest BCUT2D eigenvalue weighted by Gasteiger charge is -2.35. The molecule has 0 atom stereocenters. The summed E-state index contributed by atoms with van der Waals surface area (Å²) in [5, 5.41) is 3.04. The van der Waals surface area contributed by atoms with E-state index in [0.717, 1.165) is 5.69 Å². The molecule has 0 saturated heterocycles. The van der Waals surface area contributed by atoms with Crippen LogP contribution in [0.1, 0.15) is 48.2 Å². The summed E-state index contributed by atoms with van der Waals surface area (Å²) in [6, 6.07) is 1.74. The molecule has 1 aromatic rings. The number of hydrogen-bond acceptors (Lipinski definition) is 4. The molecule has 1 aliphatic carbocycles. The van der Waals surface area contributed by atoms with Gasteiger partial charge in [0.05, 0.1) is 5.56 Å². The first-order valence-corrected chi connectivity index (χ1v) is 8.34. The average molecular weight is 293 g/mol. The number of hydrogen-bond donors (Lipinski definition) is 2. The van der Waals surface area contributed by atoms with Gasteiger partial charge in [0.25, 0.3) is 5.91 Å². The maximum Gasteiger partial charge on any atom is 0.254 e. The number of rotatable bonds is 4. The van der Waals surface area contributed by atoms with Crippen LogP contribution in [0.25, 0.3) is 0 Å². The maximum atomic E-state index is 12.2. The van der Waals surface area contributed by atoms with Gasteiger partial charge in [-0.3, -0.25) is 9.78 Å². The highest BCUT2D eigenvalue weighted by atomic mass is 32.2. The van der Waals surface area contributed by atoms with Crippen LogP contribution in [0.3, 0.4) is 0 Å². The number of anilines is 1. The van der Waals surface area contributed by atoms with Gasteiger partial charge in [0.15, 0.2) is 0 Å². The van der Waals surface area contributed by atoms with Crippen LogP contribution >= 0.6 is 11.8 Å². The fourth-order valence-electron chi connectivity index (χ4n) is 2.76. The van der Waals surface area contributed by atoms with Crippen molar-refractivity contribution < 1.29 is 4.79 Å². The van der Waals surface area contributed by atoms with E-state index in [2.05, 4.69) is 16.6 Å². The molecule has 1 aliphatic rings. The summed E-state index contributed by atoms with van der Waals surface area (Å²) in [5.74, 6) is -0.117. The van der Waals surface area contributed by atoms with E-state index in [1.54, 1.807) is 12.3 Å². The van der Waals surface area contributed by atoms with Gasteiger partial charge >= 0.3 is 0 Å². The summed E-state index contributed by atoms with van der Waals surface area (Å²) in [6.07, 6.45) is 9.87. The Morgan fingerprint density at radius 1 is 1.45 bits per heavy atom. The normalized spacial score (nSPS) is 17.7. The topological polar surface area (TPSA) is 68.0 Å². The SMILES string of the molecule is CSC1(CNC(=O)c2cnc(C)cc2N)CCCCC1. The first-order valence-electron chi connectivity index (χ1n) is 7.12. The fourth-order valence-corrected chi connectivity index (χ4v) is 3.67. The minimum atomic E-state index is -0.117. The number of aromatic nitrogens is 1. The van der Waals surface area contributed by atoms with Gasteiger partial charge in [-0.2, -0.15) is 11.8 Å².